The Morgan fingerprint density at radius 1 is 0.952 bits per heavy atom. The molecule has 1 heterocycles. The summed E-state index contributed by atoms with van der Waals surface area (Å²) in [6.45, 7) is 12.2. The maximum absolute atomic E-state index is 15.9. The second-order valence-corrected chi connectivity index (χ2v) is 18.5. The van der Waals surface area contributed by atoms with Crippen LogP contribution in [0.25, 0.3) is 0 Å². The van der Waals surface area contributed by atoms with E-state index in [1.54, 1.807) is 71.9 Å². The van der Waals surface area contributed by atoms with Gasteiger partial charge >= 0.3 is 24.0 Å². The molecule has 0 radical (unpaired) electrons. The van der Waals surface area contributed by atoms with E-state index in [4.69, 9.17) is 33.2 Å². The molecule has 1 saturated heterocycles. The van der Waals surface area contributed by atoms with E-state index >= 15 is 4.79 Å². The van der Waals surface area contributed by atoms with Crippen molar-refractivity contribution in [1.29, 1.82) is 0 Å². The van der Waals surface area contributed by atoms with Crippen LogP contribution in [0.2, 0.25) is 0 Å². The summed E-state index contributed by atoms with van der Waals surface area (Å²) in [5.41, 5.74) is -5.20. The van der Waals surface area contributed by atoms with Gasteiger partial charge in [0.2, 0.25) is 0 Å². The first kappa shape index (κ1) is 47.2. The first-order chi connectivity index (χ1) is 29.2. The molecule has 1 amide bonds. The minimum atomic E-state index is -2.11. The number of hydrogen-bond acceptors (Lipinski definition) is 15. The highest BCUT2D eigenvalue weighted by atomic mass is 32.2. The average molecular weight is 882 g/mol. The van der Waals surface area contributed by atoms with E-state index in [0.29, 0.717) is 11.1 Å². The fourth-order valence-corrected chi connectivity index (χ4v) is 10.5. The molecule has 2 aromatic carbocycles. The van der Waals surface area contributed by atoms with Crippen molar-refractivity contribution in [2.45, 2.75) is 135 Å². The predicted octanol–water partition coefficient (Wildman–Crippen LogP) is 5.14. The van der Waals surface area contributed by atoms with Gasteiger partial charge in [-0.25, -0.2) is 9.59 Å². The van der Waals surface area contributed by atoms with Gasteiger partial charge in [-0.1, -0.05) is 74.5 Å². The van der Waals surface area contributed by atoms with E-state index in [-0.39, 0.29) is 37.6 Å². The van der Waals surface area contributed by atoms with Gasteiger partial charge in [-0.2, -0.15) is 0 Å². The number of fused-ring (bicyclic) bond motifs is 5. The summed E-state index contributed by atoms with van der Waals surface area (Å²) in [4.78, 5) is 69.3. The Hall–Kier alpha value is -4.32. The number of aliphatic hydroxyl groups is 2. The van der Waals surface area contributed by atoms with E-state index in [1.807, 2.05) is 36.6 Å². The lowest BCUT2D eigenvalue weighted by molar-refractivity contribution is -0.353. The van der Waals surface area contributed by atoms with Crippen molar-refractivity contribution in [2.75, 3.05) is 18.8 Å². The summed E-state index contributed by atoms with van der Waals surface area (Å²) in [6.07, 6.45) is -7.82. The Labute approximate surface area is 366 Å². The lowest BCUT2D eigenvalue weighted by atomic mass is 9.44. The van der Waals surface area contributed by atoms with Crippen molar-refractivity contribution in [2.24, 2.45) is 16.7 Å². The lowest BCUT2D eigenvalue weighted by Gasteiger charge is -2.68. The Morgan fingerprint density at radius 3 is 2.16 bits per heavy atom. The maximum atomic E-state index is 15.9. The van der Waals surface area contributed by atoms with Gasteiger partial charge in [-0.05, 0) is 56.2 Å². The number of esters is 3. The second kappa shape index (κ2) is 18.4. The number of carbonyl (C=O) groups is 5. The third-order valence-corrected chi connectivity index (χ3v) is 13.5. The third kappa shape index (κ3) is 8.53. The van der Waals surface area contributed by atoms with Crippen LogP contribution in [0.4, 0.5) is 4.79 Å². The van der Waals surface area contributed by atoms with Crippen molar-refractivity contribution >= 4 is 41.5 Å². The molecule has 0 spiro atoms. The molecule has 3 aliphatic carbocycles. The van der Waals surface area contributed by atoms with Crippen LogP contribution in [0.1, 0.15) is 85.4 Å². The molecule has 11 atom stereocenters. The number of nitrogens with one attached hydrogen (secondary N) is 1. The zero-order valence-electron chi connectivity index (χ0n) is 36.7. The fraction of sp³-hybridized carbons (Fsp3) is 0.587. The van der Waals surface area contributed by atoms with Gasteiger partial charge in [-0.3, -0.25) is 14.4 Å². The lowest BCUT2D eigenvalue weighted by Crippen LogP contribution is -2.82. The molecule has 15 nitrogen and oxygen atoms in total. The first-order valence-electron chi connectivity index (χ1n) is 20.9. The summed E-state index contributed by atoms with van der Waals surface area (Å²) >= 11 is 1.39. The van der Waals surface area contributed by atoms with Gasteiger partial charge in [0.1, 0.15) is 17.8 Å². The molecular weight excluding hydrogens is 823 g/mol. The number of ketones is 1. The number of alkyl carbamates (subject to hydrolysis) is 1. The van der Waals surface area contributed by atoms with Crippen LogP contribution in [0, 0.1) is 16.7 Å². The van der Waals surface area contributed by atoms with E-state index in [1.165, 1.54) is 25.6 Å². The smallest absolute Gasteiger partial charge is 0.407 e. The van der Waals surface area contributed by atoms with Gasteiger partial charge in [0.05, 0.1) is 48.9 Å². The number of hydrogen-bond donors (Lipinski definition) is 3. The van der Waals surface area contributed by atoms with Crippen LogP contribution in [-0.2, 0) is 58.9 Å². The van der Waals surface area contributed by atoms with Crippen molar-refractivity contribution in [3.63, 3.8) is 0 Å². The molecule has 2 saturated carbocycles. The van der Waals surface area contributed by atoms with Crippen LogP contribution in [0.3, 0.4) is 0 Å². The summed E-state index contributed by atoms with van der Waals surface area (Å²) < 4.78 is 43.3. The van der Waals surface area contributed by atoms with E-state index in [9.17, 15) is 29.4 Å². The minimum Gasteiger partial charge on any atom is -0.456 e. The van der Waals surface area contributed by atoms with Crippen LogP contribution >= 0.6 is 11.8 Å². The third-order valence-electron chi connectivity index (χ3n) is 13.2. The average Bonchev–Trinajstić information content (AvgIpc) is 3.20. The quantitative estimate of drug-likeness (QED) is 0.0973. The normalized spacial score (nSPS) is 32.1. The standard InChI is InChI=1S/C46H59NO14S/c1-25(2)58-42(53)47-35(30-18-14-11-15-19-30)36(50)41(52)60-31-21-46(54)40(55-22-29-16-12-10-13-17-29)38-44(8,39(51)37(59-27(4)48)34(26(31)3)43(46,6)7)32(57-24-62-9)20-33-45(38,23-56-33)61-28(5)49/h10-19,25,31-33,35-38,40,50,54H,20-24H2,1-9H3,(H,47,53)/t31?,32-,33+,35-,36+,37+,38?,40-,44+,45-,46+/m0/s1. The summed E-state index contributed by atoms with van der Waals surface area (Å²) in [6, 6.07) is 16.2. The second-order valence-electron chi connectivity index (χ2n) is 17.7. The fourth-order valence-electron chi connectivity index (χ4n) is 10.2. The molecule has 16 heteroatoms. The van der Waals surface area contributed by atoms with Crippen LogP contribution < -0.4 is 5.32 Å². The van der Waals surface area contributed by atoms with Crippen molar-refractivity contribution < 1.29 is 67.3 Å². The molecule has 4 aliphatic rings. The zero-order chi connectivity index (χ0) is 45.4. The number of thioether (sulfide) groups is 1. The molecule has 3 fully saturated rings. The van der Waals surface area contributed by atoms with E-state index < -0.39 is 107 Å². The number of Topliss-reactive ketones (excluding diaryl/α,β-unsaturated/α-hetero) is 1. The SMILES string of the molecule is CSCO[C@H]1C[C@H]2OC[C@@]2(OC(C)=O)C2[C@H](OCc3ccccc3)[C@]3(O)CC(OC(=O)[C@H](O)[C@@H](NC(=O)OC(C)C)c4ccccc4)C(C)=C([C@@H](OC(C)=O)C(=O)[C@@]21C)C3(C)C. The number of amides is 1. The zero-order valence-corrected chi connectivity index (χ0v) is 37.5. The molecule has 1 aliphatic heterocycles. The molecule has 0 aromatic heterocycles. The highest BCUT2D eigenvalue weighted by molar-refractivity contribution is 7.98. The summed E-state index contributed by atoms with van der Waals surface area (Å²) in [5.74, 6) is -4.23. The van der Waals surface area contributed by atoms with Crippen LogP contribution in [-0.4, -0.2) is 113 Å². The van der Waals surface area contributed by atoms with Crippen LogP contribution in [0.15, 0.2) is 71.8 Å². The molecule has 3 N–H and O–H groups in total. The predicted molar refractivity (Wildman–Crippen MR) is 225 cm³/mol. The molecule has 2 aromatic rings. The van der Waals surface area contributed by atoms with Gasteiger partial charge in [0, 0.05) is 38.0 Å². The van der Waals surface area contributed by atoms with E-state index in [2.05, 4.69) is 5.32 Å². The number of ether oxygens (including phenoxy) is 7. The number of aliphatic hydroxyl groups excluding tert-OH is 1. The largest absolute Gasteiger partial charge is 0.456 e. The number of benzene rings is 2. The van der Waals surface area contributed by atoms with Gasteiger partial charge in [-0.15, -0.1) is 11.8 Å². The molecule has 2 unspecified atom stereocenters. The van der Waals surface area contributed by atoms with Crippen molar-refractivity contribution in [1.82, 2.24) is 5.32 Å². The Kier molecular flexibility index (Phi) is 14.0. The van der Waals surface area contributed by atoms with Crippen molar-refractivity contribution in [3.8, 4) is 0 Å². The molecule has 62 heavy (non-hydrogen) atoms. The molecule has 6 rings (SSSR count). The van der Waals surface area contributed by atoms with Crippen molar-refractivity contribution in [3.05, 3.63) is 82.9 Å². The summed E-state index contributed by atoms with van der Waals surface area (Å²) in [5, 5.41) is 28.1. The Balaban J connectivity index is 1.55. The first-order valence-corrected chi connectivity index (χ1v) is 22.2. The number of rotatable bonds is 14. The molecular formula is C46H59NO14S. The summed E-state index contributed by atoms with van der Waals surface area (Å²) in [7, 11) is 0. The highest BCUT2D eigenvalue weighted by Gasteiger charge is 2.78. The monoisotopic (exact) mass is 881 g/mol. The highest BCUT2D eigenvalue weighted by Crippen LogP contribution is 2.65. The maximum Gasteiger partial charge on any atom is 0.407 e. The van der Waals surface area contributed by atoms with E-state index in [0.717, 1.165) is 5.56 Å². The van der Waals surface area contributed by atoms with Gasteiger partial charge in [0.25, 0.3) is 0 Å². The Bertz CT molecular complexity index is 2030. The number of carbonyl (C=O) groups excluding carboxylic acids is 5. The van der Waals surface area contributed by atoms with Crippen LogP contribution in [0.5, 0.6) is 0 Å². The molecule has 338 valence electrons. The Morgan fingerprint density at radius 2 is 1.60 bits per heavy atom. The molecule has 2 bridgehead atoms. The van der Waals surface area contributed by atoms with Gasteiger partial charge < -0.3 is 48.7 Å². The minimum absolute atomic E-state index is 0.0614. The van der Waals surface area contributed by atoms with Gasteiger partial charge in [0.15, 0.2) is 23.6 Å². The topological polar surface area (TPSA) is 202 Å².